The molecule has 0 amide bonds. The summed E-state index contributed by atoms with van der Waals surface area (Å²) in [5, 5.41) is 0. The molecule has 2 aliphatic rings. The summed E-state index contributed by atoms with van der Waals surface area (Å²) >= 11 is 0. The van der Waals surface area contributed by atoms with Gasteiger partial charge in [0.05, 0.1) is 0 Å². The molecule has 2 aliphatic carbocycles. The minimum atomic E-state index is 0.404. The average molecular weight is 164 g/mol. The first kappa shape index (κ1) is 8.03. The van der Waals surface area contributed by atoms with Gasteiger partial charge in [-0.3, -0.25) is 4.79 Å². The number of carbonyl (C=O) groups is 1. The Morgan fingerprint density at radius 3 is 2.92 bits per heavy atom. The van der Waals surface area contributed by atoms with E-state index in [0.29, 0.717) is 23.5 Å². The summed E-state index contributed by atoms with van der Waals surface area (Å²) in [6.45, 7) is 3.81. The quantitative estimate of drug-likeness (QED) is 0.544. The predicted molar refractivity (Wildman–Crippen MR) is 48.8 cm³/mol. The number of ketones is 1. The third kappa shape index (κ3) is 1.21. The van der Waals surface area contributed by atoms with E-state index in [2.05, 4.69) is 6.58 Å². The van der Waals surface area contributed by atoms with Crippen molar-refractivity contribution in [3.05, 3.63) is 12.7 Å². The van der Waals surface area contributed by atoms with Crippen LogP contribution in [0.1, 0.15) is 32.1 Å². The number of rotatable bonds is 1. The van der Waals surface area contributed by atoms with E-state index in [1.807, 2.05) is 6.08 Å². The lowest BCUT2D eigenvalue weighted by Crippen LogP contribution is -2.23. The van der Waals surface area contributed by atoms with Crippen molar-refractivity contribution in [1.29, 1.82) is 0 Å². The Balaban J connectivity index is 2.08. The molecule has 0 aromatic rings. The highest BCUT2D eigenvalue weighted by atomic mass is 16.1. The predicted octanol–water partition coefficient (Wildman–Crippen LogP) is 2.57. The largest absolute Gasteiger partial charge is 0.299 e. The van der Waals surface area contributed by atoms with Crippen LogP contribution in [0.15, 0.2) is 12.7 Å². The van der Waals surface area contributed by atoms with Crippen molar-refractivity contribution in [1.82, 2.24) is 0 Å². The maximum atomic E-state index is 11.5. The van der Waals surface area contributed by atoms with Crippen LogP contribution < -0.4 is 0 Å². The molecule has 1 nitrogen and oxygen atoms in total. The topological polar surface area (TPSA) is 17.1 Å². The molecule has 66 valence electrons. The van der Waals surface area contributed by atoms with E-state index in [1.165, 1.54) is 12.8 Å². The molecule has 0 N–H and O–H groups in total. The van der Waals surface area contributed by atoms with Gasteiger partial charge < -0.3 is 0 Å². The van der Waals surface area contributed by atoms with Gasteiger partial charge in [0.15, 0.2) is 0 Å². The summed E-state index contributed by atoms with van der Waals surface area (Å²) in [5.74, 6) is 2.26. The van der Waals surface area contributed by atoms with Crippen molar-refractivity contribution >= 4 is 5.78 Å². The molecule has 3 atom stereocenters. The van der Waals surface area contributed by atoms with Crippen molar-refractivity contribution in [3.8, 4) is 0 Å². The molecule has 1 heteroatoms. The van der Waals surface area contributed by atoms with Crippen LogP contribution in [0.3, 0.4) is 0 Å². The lowest BCUT2D eigenvalue weighted by Gasteiger charge is -2.22. The number of hydrogen-bond acceptors (Lipinski definition) is 1. The molecule has 2 fully saturated rings. The zero-order valence-electron chi connectivity index (χ0n) is 7.46. The van der Waals surface area contributed by atoms with Crippen LogP contribution in [0.2, 0.25) is 0 Å². The number of allylic oxidation sites excluding steroid dienone is 1. The van der Waals surface area contributed by atoms with Gasteiger partial charge in [-0.15, -0.1) is 6.58 Å². The SMILES string of the molecule is C=C[C@H]1C[C@H]2CCCC(=O)[C@@H]2C1. The highest BCUT2D eigenvalue weighted by molar-refractivity contribution is 5.82. The standard InChI is InChI=1S/C11H16O/c1-2-8-6-9-4-3-5-11(12)10(9)7-8/h2,8-10H,1,3-7H2/t8-,9+,10+/m0/s1. The average Bonchev–Trinajstić information content (AvgIpc) is 2.49. The van der Waals surface area contributed by atoms with Crippen LogP contribution >= 0.6 is 0 Å². The van der Waals surface area contributed by atoms with Crippen LogP contribution in [0.5, 0.6) is 0 Å². The molecular formula is C11H16O. The third-order valence-corrected chi connectivity index (χ3v) is 3.48. The van der Waals surface area contributed by atoms with Crippen LogP contribution in [-0.4, -0.2) is 5.78 Å². The fourth-order valence-corrected chi connectivity index (χ4v) is 2.80. The van der Waals surface area contributed by atoms with Crippen LogP contribution in [0.25, 0.3) is 0 Å². The number of carbonyl (C=O) groups excluding carboxylic acids is 1. The molecule has 2 rings (SSSR count). The fourth-order valence-electron chi connectivity index (χ4n) is 2.80. The van der Waals surface area contributed by atoms with E-state index < -0.39 is 0 Å². The zero-order chi connectivity index (χ0) is 8.55. The summed E-state index contributed by atoms with van der Waals surface area (Å²) < 4.78 is 0. The second-order valence-electron chi connectivity index (χ2n) is 4.19. The van der Waals surface area contributed by atoms with Crippen LogP contribution in [-0.2, 0) is 4.79 Å². The molecule has 0 aromatic carbocycles. The molecular weight excluding hydrogens is 148 g/mol. The van der Waals surface area contributed by atoms with Gasteiger partial charge in [0.2, 0.25) is 0 Å². The van der Waals surface area contributed by atoms with Crippen LogP contribution in [0.4, 0.5) is 0 Å². The molecule has 0 bridgehead atoms. The van der Waals surface area contributed by atoms with Gasteiger partial charge in [0.25, 0.3) is 0 Å². The van der Waals surface area contributed by atoms with Gasteiger partial charge in [-0.25, -0.2) is 0 Å². The minimum absolute atomic E-state index is 0.404. The Hall–Kier alpha value is -0.590. The Labute approximate surface area is 73.8 Å². The summed E-state index contributed by atoms with van der Waals surface area (Å²) in [6.07, 6.45) is 7.59. The summed E-state index contributed by atoms with van der Waals surface area (Å²) in [6, 6.07) is 0. The summed E-state index contributed by atoms with van der Waals surface area (Å²) in [5.41, 5.74) is 0. The van der Waals surface area contributed by atoms with Crippen molar-refractivity contribution in [2.24, 2.45) is 17.8 Å². The second-order valence-corrected chi connectivity index (χ2v) is 4.19. The van der Waals surface area contributed by atoms with Gasteiger partial charge in [-0.1, -0.05) is 6.08 Å². The Morgan fingerprint density at radius 1 is 1.42 bits per heavy atom. The molecule has 2 saturated carbocycles. The molecule has 12 heavy (non-hydrogen) atoms. The van der Waals surface area contributed by atoms with Gasteiger partial charge in [0.1, 0.15) is 5.78 Å². The van der Waals surface area contributed by atoms with E-state index in [4.69, 9.17) is 0 Å². The number of hydrogen-bond donors (Lipinski definition) is 0. The van der Waals surface area contributed by atoms with Crippen molar-refractivity contribution in [3.63, 3.8) is 0 Å². The molecule has 0 unspecified atom stereocenters. The maximum absolute atomic E-state index is 11.5. The molecule has 0 heterocycles. The molecule has 0 aliphatic heterocycles. The van der Waals surface area contributed by atoms with E-state index >= 15 is 0 Å². The fraction of sp³-hybridized carbons (Fsp3) is 0.727. The Bertz CT molecular complexity index is 207. The lowest BCUT2D eigenvalue weighted by atomic mass is 9.81. The van der Waals surface area contributed by atoms with Crippen molar-refractivity contribution in [2.75, 3.05) is 0 Å². The first-order valence-corrected chi connectivity index (χ1v) is 4.96. The molecule has 0 spiro atoms. The highest BCUT2D eigenvalue weighted by Gasteiger charge is 2.38. The first-order valence-electron chi connectivity index (χ1n) is 4.96. The van der Waals surface area contributed by atoms with Crippen molar-refractivity contribution < 1.29 is 4.79 Å². The van der Waals surface area contributed by atoms with Gasteiger partial charge in [-0.05, 0) is 37.5 Å². The van der Waals surface area contributed by atoms with Crippen molar-refractivity contribution in [2.45, 2.75) is 32.1 Å². The van der Waals surface area contributed by atoms with Gasteiger partial charge in [0, 0.05) is 12.3 Å². The van der Waals surface area contributed by atoms with E-state index in [1.54, 1.807) is 0 Å². The summed E-state index contributed by atoms with van der Waals surface area (Å²) in [7, 11) is 0. The normalized spacial score (nSPS) is 41.0. The smallest absolute Gasteiger partial charge is 0.136 e. The molecule has 0 saturated heterocycles. The molecule has 0 aromatic heterocycles. The van der Waals surface area contributed by atoms with E-state index in [-0.39, 0.29) is 0 Å². The van der Waals surface area contributed by atoms with E-state index in [9.17, 15) is 4.79 Å². The number of fused-ring (bicyclic) bond motifs is 1. The van der Waals surface area contributed by atoms with Crippen LogP contribution in [0, 0.1) is 17.8 Å². The first-order chi connectivity index (χ1) is 5.81. The van der Waals surface area contributed by atoms with E-state index in [0.717, 1.165) is 19.3 Å². The lowest BCUT2D eigenvalue weighted by molar-refractivity contribution is -0.125. The highest BCUT2D eigenvalue weighted by Crippen LogP contribution is 2.43. The van der Waals surface area contributed by atoms with Gasteiger partial charge in [-0.2, -0.15) is 0 Å². The number of Topliss-reactive ketones (excluding diaryl/α,β-unsaturated/α-hetero) is 1. The monoisotopic (exact) mass is 164 g/mol. The zero-order valence-corrected chi connectivity index (χ0v) is 7.46. The summed E-state index contributed by atoms with van der Waals surface area (Å²) in [4.78, 5) is 11.5. The minimum Gasteiger partial charge on any atom is -0.299 e. The Kier molecular flexibility index (Phi) is 2.03. The van der Waals surface area contributed by atoms with Gasteiger partial charge >= 0.3 is 0 Å². The third-order valence-electron chi connectivity index (χ3n) is 3.48. The maximum Gasteiger partial charge on any atom is 0.136 e. The Morgan fingerprint density at radius 2 is 2.25 bits per heavy atom. The second kappa shape index (κ2) is 3.04. The molecule has 0 radical (unpaired) electrons.